The summed E-state index contributed by atoms with van der Waals surface area (Å²) in [6, 6.07) is 14.5. The molecular formula is C34H39F3N6O2. The number of alkyl halides is 1. The predicted molar refractivity (Wildman–Crippen MR) is 171 cm³/mol. The summed E-state index contributed by atoms with van der Waals surface area (Å²) < 4.78 is 48.3. The molecule has 11 heteroatoms. The lowest BCUT2D eigenvalue weighted by Crippen LogP contribution is -2.51. The van der Waals surface area contributed by atoms with Crippen LogP contribution in [0.4, 0.5) is 30.4 Å². The molecule has 1 aromatic heterocycles. The SMILES string of the molecule is CCN1CCN(c2ccc(C(=O)Nc3n[nH]c4ccc(C(CF)c5cc(F)ccc5F)cc34)c(NC3CCOCC3)c2)CC1C. The smallest absolute Gasteiger partial charge is 0.258 e. The summed E-state index contributed by atoms with van der Waals surface area (Å²) in [7, 11) is 0. The lowest BCUT2D eigenvalue weighted by Gasteiger charge is -2.40. The molecule has 2 aliphatic heterocycles. The minimum Gasteiger partial charge on any atom is -0.381 e. The molecule has 45 heavy (non-hydrogen) atoms. The van der Waals surface area contributed by atoms with E-state index in [0.717, 1.165) is 68.6 Å². The second-order valence-corrected chi connectivity index (χ2v) is 11.9. The van der Waals surface area contributed by atoms with Crippen molar-refractivity contribution in [1.82, 2.24) is 15.1 Å². The van der Waals surface area contributed by atoms with E-state index in [1.165, 1.54) is 0 Å². The van der Waals surface area contributed by atoms with Crippen LogP contribution < -0.4 is 15.5 Å². The largest absolute Gasteiger partial charge is 0.381 e. The van der Waals surface area contributed by atoms with Gasteiger partial charge >= 0.3 is 0 Å². The summed E-state index contributed by atoms with van der Waals surface area (Å²) in [6.07, 6.45) is 1.68. The third-order valence-electron chi connectivity index (χ3n) is 9.07. The maximum Gasteiger partial charge on any atom is 0.258 e. The molecule has 0 spiro atoms. The topological polar surface area (TPSA) is 85.5 Å². The number of aromatic amines is 1. The lowest BCUT2D eigenvalue weighted by atomic mass is 9.91. The van der Waals surface area contributed by atoms with E-state index in [1.54, 1.807) is 18.2 Å². The number of H-pyrrole nitrogens is 1. The average Bonchev–Trinajstić information content (AvgIpc) is 3.45. The number of hydrogen-bond acceptors (Lipinski definition) is 6. The van der Waals surface area contributed by atoms with Crippen LogP contribution in [0.3, 0.4) is 0 Å². The summed E-state index contributed by atoms with van der Waals surface area (Å²) in [6.45, 7) is 8.62. The Hall–Kier alpha value is -4.09. The van der Waals surface area contributed by atoms with Crippen molar-refractivity contribution in [3.8, 4) is 0 Å². The van der Waals surface area contributed by atoms with Crippen LogP contribution in [0.25, 0.3) is 10.9 Å². The molecule has 0 radical (unpaired) electrons. The van der Waals surface area contributed by atoms with E-state index in [-0.39, 0.29) is 23.3 Å². The molecule has 4 aromatic rings. The van der Waals surface area contributed by atoms with Gasteiger partial charge in [-0.25, -0.2) is 8.78 Å². The first kappa shape index (κ1) is 30.9. The Bertz CT molecular complexity index is 1660. The Morgan fingerprint density at radius 1 is 1.09 bits per heavy atom. The molecule has 0 aliphatic carbocycles. The first-order valence-corrected chi connectivity index (χ1v) is 15.6. The molecule has 0 bridgehead atoms. The molecule has 2 unspecified atom stereocenters. The third-order valence-corrected chi connectivity index (χ3v) is 9.07. The highest BCUT2D eigenvalue weighted by Gasteiger charge is 2.26. The Morgan fingerprint density at radius 3 is 2.67 bits per heavy atom. The number of amides is 1. The van der Waals surface area contributed by atoms with Crippen LogP contribution >= 0.6 is 0 Å². The molecule has 3 heterocycles. The van der Waals surface area contributed by atoms with Gasteiger partial charge in [0.25, 0.3) is 5.91 Å². The number of nitrogens with one attached hydrogen (secondary N) is 3. The molecule has 2 saturated heterocycles. The van der Waals surface area contributed by atoms with Gasteiger partial charge in [-0.1, -0.05) is 13.0 Å². The van der Waals surface area contributed by atoms with E-state index in [1.807, 2.05) is 12.1 Å². The number of nitrogens with zero attached hydrogens (tertiary/aromatic N) is 3. The minimum absolute atomic E-state index is 0.0691. The van der Waals surface area contributed by atoms with E-state index < -0.39 is 24.2 Å². The minimum atomic E-state index is -1.02. The first-order valence-electron chi connectivity index (χ1n) is 15.6. The highest BCUT2D eigenvalue weighted by Crippen LogP contribution is 2.33. The van der Waals surface area contributed by atoms with Crippen LogP contribution in [0.5, 0.6) is 0 Å². The maximum atomic E-state index is 14.6. The fourth-order valence-electron chi connectivity index (χ4n) is 6.46. The zero-order valence-corrected chi connectivity index (χ0v) is 25.6. The summed E-state index contributed by atoms with van der Waals surface area (Å²) in [5.41, 5.74) is 3.25. The molecular weight excluding hydrogens is 581 g/mol. The fourth-order valence-corrected chi connectivity index (χ4v) is 6.46. The van der Waals surface area contributed by atoms with Crippen LogP contribution in [-0.4, -0.2) is 79.2 Å². The number of rotatable bonds is 9. The Kier molecular flexibility index (Phi) is 9.27. The number of carbonyl (C=O) groups excluding carboxylic acids is 1. The number of likely N-dealkylation sites (N-methyl/N-ethyl adjacent to an activating group) is 1. The Morgan fingerprint density at radius 2 is 1.91 bits per heavy atom. The van der Waals surface area contributed by atoms with Crippen LogP contribution in [-0.2, 0) is 4.74 Å². The number of benzene rings is 3. The summed E-state index contributed by atoms with van der Waals surface area (Å²) in [5.74, 6) is -2.43. The van der Waals surface area contributed by atoms with Crippen molar-refractivity contribution in [2.75, 3.05) is 61.6 Å². The second kappa shape index (κ2) is 13.5. The zero-order valence-electron chi connectivity index (χ0n) is 25.6. The van der Waals surface area contributed by atoms with E-state index in [9.17, 15) is 18.0 Å². The molecule has 238 valence electrons. The van der Waals surface area contributed by atoms with Crippen molar-refractivity contribution in [3.63, 3.8) is 0 Å². The van der Waals surface area contributed by atoms with Gasteiger partial charge in [0.2, 0.25) is 0 Å². The molecule has 2 aliphatic rings. The molecule has 2 fully saturated rings. The Labute approximate surface area is 260 Å². The number of fused-ring (bicyclic) bond motifs is 1. The van der Waals surface area contributed by atoms with E-state index in [4.69, 9.17) is 4.74 Å². The number of anilines is 3. The van der Waals surface area contributed by atoms with Crippen molar-refractivity contribution in [1.29, 1.82) is 0 Å². The molecule has 1 amide bonds. The normalized spacial score (nSPS) is 18.7. The lowest BCUT2D eigenvalue weighted by molar-refractivity contribution is 0.0904. The Balaban J connectivity index is 1.28. The highest BCUT2D eigenvalue weighted by atomic mass is 19.1. The fraction of sp³-hybridized carbons (Fsp3) is 0.412. The van der Waals surface area contributed by atoms with Crippen LogP contribution in [0, 0.1) is 11.6 Å². The van der Waals surface area contributed by atoms with E-state index >= 15 is 0 Å². The number of carbonyl (C=O) groups is 1. The van der Waals surface area contributed by atoms with Gasteiger partial charge in [-0.2, -0.15) is 5.10 Å². The monoisotopic (exact) mass is 620 g/mol. The average molecular weight is 621 g/mol. The van der Waals surface area contributed by atoms with Crippen molar-refractivity contribution in [2.24, 2.45) is 0 Å². The summed E-state index contributed by atoms with van der Waals surface area (Å²) >= 11 is 0. The second-order valence-electron chi connectivity index (χ2n) is 11.9. The quantitative estimate of drug-likeness (QED) is 0.203. The van der Waals surface area contributed by atoms with Crippen molar-refractivity contribution in [3.05, 3.63) is 82.9 Å². The number of aromatic nitrogens is 2. The summed E-state index contributed by atoms with van der Waals surface area (Å²) in [5, 5.41) is 14.3. The van der Waals surface area contributed by atoms with Gasteiger partial charge in [-0.05, 0) is 80.4 Å². The standard InChI is InChI=1S/C34H39F3N6O2/c1-3-42-12-13-43(20-21(42)2)25-6-7-26(32(18-25)38-24-10-14-45-15-11-24)34(44)39-33-28-16-22(4-9-31(28)40-41-33)29(19-35)27-17-23(36)5-8-30(27)37/h4-9,16-18,21,24,29,38H,3,10-15,19-20H2,1-2H3,(H2,39,40,41,44). The molecule has 6 rings (SSSR count). The maximum absolute atomic E-state index is 14.6. The number of piperazine rings is 1. The number of halogens is 3. The predicted octanol–water partition coefficient (Wildman–Crippen LogP) is 6.32. The van der Waals surface area contributed by atoms with E-state index in [2.05, 4.69) is 50.5 Å². The zero-order chi connectivity index (χ0) is 31.5. The van der Waals surface area contributed by atoms with Gasteiger partial charge in [0, 0.05) is 73.2 Å². The van der Waals surface area contributed by atoms with E-state index in [0.29, 0.717) is 41.3 Å². The molecule has 0 saturated carbocycles. The van der Waals surface area contributed by atoms with Gasteiger partial charge in [-0.3, -0.25) is 19.2 Å². The van der Waals surface area contributed by atoms with Gasteiger partial charge in [0.05, 0.1) is 11.1 Å². The molecule has 3 aromatic carbocycles. The molecule has 2 atom stereocenters. The van der Waals surface area contributed by atoms with Crippen LogP contribution in [0.15, 0.2) is 54.6 Å². The molecule has 3 N–H and O–H groups in total. The van der Waals surface area contributed by atoms with Gasteiger partial charge < -0.3 is 20.3 Å². The molecule has 8 nitrogen and oxygen atoms in total. The summed E-state index contributed by atoms with van der Waals surface area (Å²) in [4.78, 5) is 18.6. The van der Waals surface area contributed by atoms with Crippen LogP contribution in [0.2, 0.25) is 0 Å². The number of ether oxygens (including phenoxy) is 1. The van der Waals surface area contributed by atoms with Crippen LogP contribution in [0.1, 0.15) is 54.1 Å². The van der Waals surface area contributed by atoms with Gasteiger partial charge in [-0.15, -0.1) is 0 Å². The van der Waals surface area contributed by atoms with Crippen molar-refractivity contribution < 1.29 is 22.7 Å². The highest BCUT2D eigenvalue weighted by molar-refractivity contribution is 6.11. The van der Waals surface area contributed by atoms with Gasteiger partial charge in [0.1, 0.15) is 18.3 Å². The van der Waals surface area contributed by atoms with Gasteiger partial charge in [0.15, 0.2) is 5.82 Å². The van der Waals surface area contributed by atoms with Crippen molar-refractivity contribution in [2.45, 2.75) is 44.7 Å². The first-order chi connectivity index (χ1) is 21.8. The number of hydrogen-bond donors (Lipinski definition) is 3. The van der Waals surface area contributed by atoms with Crippen molar-refractivity contribution >= 4 is 34.0 Å². The third kappa shape index (κ3) is 6.64.